The van der Waals surface area contributed by atoms with Crippen molar-refractivity contribution in [3.63, 3.8) is 0 Å². The fraction of sp³-hybridized carbons (Fsp3) is 0.800. The number of carbonyl (C=O) groups is 1. The first-order valence-electron chi connectivity index (χ1n) is 2.59. The molecule has 0 rings (SSSR count). The van der Waals surface area contributed by atoms with Crippen LogP contribution in [0.2, 0.25) is 0 Å². The summed E-state index contributed by atoms with van der Waals surface area (Å²) in [5.41, 5.74) is 0. The van der Waals surface area contributed by atoms with Crippen LogP contribution in [0, 0.1) is 0 Å². The van der Waals surface area contributed by atoms with E-state index in [1.165, 1.54) is 0 Å². The molecule has 0 saturated carbocycles. The average molecular weight is 215 g/mol. The number of alkyl halides is 2. The zero-order valence-corrected chi connectivity index (χ0v) is 7.41. The zero-order valence-electron chi connectivity index (χ0n) is 5.06. The molecule has 1 atom stereocenters. The number of hydrogen-bond acceptors (Lipinski definition) is 2. The van der Waals surface area contributed by atoms with Gasteiger partial charge in [-0.15, -0.1) is 11.6 Å². The Morgan fingerprint density at radius 1 is 1.89 bits per heavy atom. The molecule has 0 bridgehead atoms. The molecule has 0 aromatic carbocycles. The molecule has 0 N–H and O–H groups in total. The molecule has 9 heavy (non-hydrogen) atoms. The highest BCUT2D eigenvalue weighted by Gasteiger charge is 2.13. The molecular formula is C5H8BrClO2. The molecule has 0 aliphatic rings. The molecule has 0 aliphatic carbocycles. The predicted molar refractivity (Wildman–Crippen MR) is 40.1 cm³/mol. The number of halogens is 2. The van der Waals surface area contributed by atoms with Gasteiger partial charge in [0.05, 0.1) is 6.61 Å². The molecule has 0 fully saturated rings. The van der Waals surface area contributed by atoms with Crippen molar-refractivity contribution in [2.45, 2.75) is 11.8 Å². The zero-order chi connectivity index (χ0) is 7.28. The summed E-state index contributed by atoms with van der Waals surface area (Å²) in [4.78, 5) is 10.3. The van der Waals surface area contributed by atoms with Crippen molar-refractivity contribution in [1.29, 1.82) is 0 Å². The van der Waals surface area contributed by atoms with Gasteiger partial charge < -0.3 is 4.74 Å². The fourth-order valence-electron chi connectivity index (χ4n) is 0.296. The van der Waals surface area contributed by atoms with Crippen LogP contribution in [0.3, 0.4) is 0 Å². The molecule has 0 aromatic rings. The van der Waals surface area contributed by atoms with Crippen LogP contribution >= 0.6 is 27.5 Å². The fourth-order valence-corrected chi connectivity index (χ4v) is 0.554. The normalized spacial score (nSPS) is 12.8. The highest BCUT2D eigenvalue weighted by Crippen LogP contribution is 2.03. The second-order valence-corrected chi connectivity index (χ2v) is 2.79. The van der Waals surface area contributed by atoms with Crippen LogP contribution in [-0.2, 0) is 9.53 Å². The van der Waals surface area contributed by atoms with Crippen molar-refractivity contribution >= 4 is 33.5 Å². The van der Waals surface area contributed by atoms with Gasteiger partial charge in [-0.2, -0.15) is 0 Å². The summed E-state index contributed by atoms with van der Waals surface area (Å²) >= 11 is 8.37. The van der Waals surface area contributed by atoms with Crippen LogP contribution in [0.1, 0.15) is 6.92 Å². The summed E-state index contributed by atoms with van der Waals surface area (Å²) in [5, 5.41) is 0. The minimum absolute atomic E-state index is 0.249. The molecule has 1 unspecified atom stereocenters. The number of carbonyl (C=O) groups excluding carboxylic acids is 1. The molecule has 0 aromatic heterocycles. The van der Waals surface area contributed by atoms with E-state index < -0.39 is 0 Å². The molecule has 4 heteroatoms. The molecular weight excluding hydrogens is 207 g/mol. The first-order valence-corrected chi connectivity index (χ1v) is 4.04. The summed E-state index contributed by atoms with van der Waals surface area (Å²) in [6.07, 6.45) is 0. The number of esters is 1. The third-order valence-corrected chi connectivity index (χ3v) is 2.06. The minimum atomic E-state index is -0.362. The molecule has 0 saturated heterocycles. The van der Waals surface area contributed by atoms with Crippen molar-refractivity contribution < 1.29 is 9.53 Å². The van der Waals surface area contributed by atoms with Gasteiger partial charge in [0.15, 0.2) is 0 Å². The molecule has 0 spiro atoms. The Labute approximate surface area is 67.6 Å². The van der Waals surface area contributed by atoms with E-state index in [1.54, 1.807) is 6.92 Å². The summed E-state index contributed by atoms with van der Waals surface area (Å²) in [5.74, 6) is -0.0498. The maximum absolute atomic E-state index is 10.6. The smallest absolute Gasteiger partial charge is 0.320 e. The number of ether oxygens (including phenoxy) is 1. The minimum Gasteiger partial charge on any atom is -0.465 e. The third kappa shape index (κ3) is 3.76. The topological polar surface area (TPSA) is 26.3 Å². The van der Waals surface area contributed by atoms with Gasteiger partial charge in [-0.3, -0.25) is 4.79 Å². The van der Waals surface area contributed by atoms with Crippen molar-refractivity contribution in [3.05, 3.63) is 0 Å². The lowest BCUT2D eigenvalue weighted by molar-refractivity contribution is -0.141. The van der Waals surface area contributed by atoms with Gasteiger partial charge in [0.25, 0.3) is 0 Å². The van der Waals surface area contributed by atoms with Crippen LogP contribution in [0.4, 0.5) is 0 Å². The summed E-state index contributed by atoms with van der Waals surface area (Å²) in [6.45, 7) is 2.16. The van der Waals surface area contributed by atoms with Crippen LogP contribution in [0.25, 0.3) is 0 Å². The lowest BCUT2D eigenvalue weighted by Gasteiger charge is -2.03. The van der Waals surface area contributed by atoms with Crippen LogP contribution in [-0.4, -0.2) is 23.3 Å². The number of hydrogen-bond donors (Lipinski definition) is 0. The Morgan fingerprint density at radius 3 is 2.78 bits per heavy atom. The van der Waals surface area contributed by atoms with E-state index >= 15 is 0 Å². The number of rotatable bonds is 3. The molecule has 0 heterocycles. The highest BCUT2D eigenvalue weighted by atomic mass is 79.9. The third-order valence-electron chi connectivity index (χ3n) is 0.678. The van der Waals surface area contributed by atoms with Gasteiger partial charge >= 0.3 is 5.97 Å². The van der Waals surface area contributed by atoms with Crippen LogP contribution < -0.4 is 0 Å². The first kappa shape index (κ1) is 9.24. The van der Waals surface area contributed by atoms with E-state index in [9.17, 15) is 4.79 Å². The maximum atomic E-state index is 10.6. The first-order chi connectivity index (χ1) is 4.22. The quantitative estimate of drug-likeness (QED) is 0.527. The van der Waals surface area contributed by atoms with Gasteiger partial charge in [0.2, 0.25) is 0 Å². The van der Waals surface area contributed by atoms with E-state index in [-0.39, 0.29) is 16.7 Å². The highest BCUT2D eigenvalue weighted by molar-refractivity contribution is 9.10. The van der Waals surface area contributed by atoms with Crippen molar-refractivity contribution in [2.75, 3.05) is 12.5 Å². The van der Waals surface area contributed by atoms with E-state index in [4.69, 9.17) is 11.6 Å². The standard InChI is InChI=1S/C5H8BrClO2/c1-2-9-5(8)4(6)3-7/h4H,2-3H2,1H3. The Bertz CT molecular complexity index is 97.0. The summed E-state index contributed by atoms with van der Waals surface area (Å²) in [6, 6.07) is 0. The van der Waals surface area contributed by atoms with Gasteiger partial charge in [-0.1, -0.05) is 15.9 Å². The van der Waals surface area contributed by atoms with Gasteiger partial charge in [0, 0.05) is 5.88 Å². The molecule has 0 amide bonds. The summed E-state index contributed by atoms with van der Waals surface area (Å²) < 4.78 is 4.62. The van der Waals surface area contributed by atoms with E-state index in [0.717, 1.165) is 0 Å². The van der Waals surface area contributed by atoms with E-state index in [0.29, 0.717) is 6.61 Å². The van der Waals surface area contributed by atoms with Gasteiger partial charge in [0.1, 0.15) is 4.83 Å². The Balaban J connectivity index is 3.46. The SMILES string of the molecule is CCOC(=O)C(Br)CCl. The lowest BCUT2D eigenvalue weighted by Crippen LogP contribution is -2.18. The maximum Gasteiger partial charge on any atom is 0.320 e. The lowest BCUT2D eigenvalue weighted by atomic mass is 10.5. The monoisotopic (exact) mass is 214 g/mol. The van der Waals surface area contributed by atoms with Crippen molar-refractivity contribution in [3.8, 4) is 0 Å². The predicted octanol–water partition coefficient (Wildman–Crippen LogP) is 1.55. The van der Waals surface area contributed by atoms with E-state index in [2.05, 4.69) is 20.7 Å². The van der Waals surface area contributed by atoms with Crippen molar-refractivity contribution in [2.24, 2.45) is 0 Å². The van der Waals surface area contributed by atoms with Gasteiger partial charge in [-0.05, 0) is 6.92 Å². The second kappa shape index (κ2) is 5.06. The Kier molecular flexibility index (Phi) is 5.19. The largest absolute Gasteiger partial charge is 0.465 e. The Hall–Kier alpha value is 0.240. The van der Waals surface area contributed by atoms with Crippen LogP contribution in [0.5, 0.6) is 0 Å². The van der Waals surface area contributed by atoms with Crippen LogP contribution in [0.15, 0.2) is 0 Å². The summed E-state index contributed by atoms with van der Waals surface area (Å²) in [7, 11) is 0. The molecule has 2 nitrogen and oxygen atoms in total. The molecule has 54 valence electrons. The molecule has 0 aliphatic heterocycles. The average Bonchev–Trinajstić information content (AvgIpc) is 1.87. The second-order valence-electron chi connectivity index (χ2n) is 1.37. The van der Waals surface area contributed by atoms with E-state index in [1.807, 2.05) is 0 Å². The van der Waals surface area contributed by atoms with Gasteiger partial charge in [-0.25, -0.2) is 0 Å². The van der Waals surface area contributed by atoms with Crippen molar-refractivity contribution in [1.82, 2.24) is 0 Å². The Morgan fingerprint density at radius 2 is 2.44 bits per heavy atom. The molecule has 0 radical (unpaired) electrons.